The van der Waals surface area contributed by atoms with Gasteiger partial charge < -0.3 is 5.32 Å². The molecule has 0 saturated carbocycles. The first-order chi connectivity index (χ1) is 10.4. The SMILES string of the molecule is CC(C)CNC(=O)[C@H](C)NS(=O)(=O)c1ccccc1C(F)(F)F. The Hall–Kier alpha value is -1.61. The molecule has 0 bridgehead atoms. The van der Waals surface area contributed by atoms with Gasteiger partial charge in [0.15, 0.2) is 0 Å². The van der Waals surface area contributed by atoms with Crippen molar-refractivity contribution in [2.24, 2.45) is 5.92 Å². The minimum absolute atomic E-state index is 0.161. The third kappa shape index (κ3) is 5.51. The van der Waals surface area contributed by atoms with Gasteiger partial charge >= 0.3 is 6.18 Å². The maximum Gasteiger partial charge on any atom is 0.417 e. The average molecular weight is 352 g/mol. The molecule has 1 aromatic carbocycles. The van der Waals surface area contributed by atoms with E-state index >= 15 is 0 Å². The lowest BCUT2D eigenvalue weighted by molar-refractivity contribution is -0.139. The maximum absolute atomic E-state index is 12.9. The number of alkyl halides is 3. The lowest BCUT2D eigenvalue weighted by Gasteiger charge is -2.17. The molecule has 0 aliphatic rings. The van der Waals surface area contributed by atoms with Crippen molar-refractivity contribution in [3.8, 4) is 0 Å². The van der Waals surface area contributed by atoms with E-state index in [1.54, 1.807) is 0 Å². The van der Waals surface area contributed by atoms with Gasteiger partial charge in [-0.25, -0.2) is 8.42 Å². The molecule has 0 saturated heterocycles. The van der Waals surface area contributed by atoms with Crippen molar-refractivity contribution in [2.45, 2.75) is 37.9 Å². The van der Waals surface area contributed by atoms with E-state index in [9.17, 15) is 26.4 Å². The standard InChI is InChI=1S/C14H19F3N2O3S/c1-9(2)8-18-13(20)10(3)19-23(21,22)12-7-5-4-6-11(12)14(15,16)17/h4-7,9-10,19H,8H2,1-3H3,(H,18,20)/t10-/m0/s1. The Morgan fingerprint density at radius 1 is 1.17 bits per heavy atom. The Morgan fingerprint density at radius 3 is 2.26 bits per heavy atom. The van der Waals surface area contributed by atoms with Crippen LogP contribution in [0, 0.1) is 5.92 Å². The molecular formula is C14H19F3N2O3S. The second-order valence-electron chi connectivity index (χ2n) is 5.48. The van der Waals surface area contributed by atoms with Crippen molar-refractivity contribution in [1.29, 1.82) is 0 Å². The van der Waals surface area contributed by atoms with Crippen LogP contribution in [0.5, 0.6) is 0 Å². The number of nitrogens with one attached hydrogen (secondary N) is 2. The van der Waals surface area contributed by atoms with Gasteiger partial charge in [0.2, 0.25) is 15.9 Å². The van der Waals surface area contributed by atoms with Crippen LogP contribution < -0.4 is 10.0 Å². The van der Waals surface area contributed by atoms with Crippen LogP contribution in [0.25, 0.3) is 0 Å². The van der Waals surface area contributed by atoms with Gasteiger partial charge in [-0.3, -0.25) is 4.79 Å². The van der Waals surface area contributed by atoms with Crippen LogP contribution in [0.3, 0.4) is 0 Å². The number of hydrogen-bond acceptors (Lipinski definition) is 3. The predicted octanol–water partition coefficient (Wildman–Crippen LogP) is 2.14. The highest BCUT2D eigenvalue weighted by Gasteiger charge is 2.37. The average Bonchev–Trinajstić information content (AvgIpc) is 2.43. The quantitative estimate of drug-likeness (QED) is 0.824. The van der Waals surface area contributed by atoms with Crippen LogP contribution in [-0.4, -0.2) is 26.9 Å². The Labute approximate surface area is 133 Å². The highest BCUT2D eigenvalue weighted by atomic mass is 32.2. The first-order valence-electron chi connectivity index (χ1n) is 6.91. The molecule has 0 aliphatic heterocycles. The van der Waals surface area contributed by atoms with E-state index in [4.69, 9.17) is 0 Å². The minimum Gasteiger partial charge on any atom is -0.354 e. The van der Waals surface area contributed by atoms with Gasteiger partial charge in [-0.05, 0) is 25.0 Å². The van der Waals surface area contributed by atoms with Crippen LogP contribution >= 0.6 is 0 Å². The lowest BCUT2D eigenvalue weighted by atomic mass is 10.2. The van der Waals surface area contributed by atoms with E-state index < -0.39 is 38.6 Å². The molecule has 0 spiro atoms. The lowest BCUT2D eigenvalue weighted by Crippen LogP contribution is -2.45. The second-order valence-corrected chi connectivity index (χ2v) is 7.16. The monoisotopic (exact) mass is 352 g/mol. The summed E-state index contributed by atoms with van der Waals surface area (Å²) in [6.07, 6.45) is -4.81. The van der Waals surface area contributed by atoms with E-state index in [-0.39, 0.29) is 5.92 Å². The fraction of sp³-hybridized carbons (Fsp3) is 0.500. The topological polar surface area (TPSA) is 75.3 Å². The molecule has 23 heavy (non-hydrogen) atoms. The van der Waals surface area contributed by atoms with E-state index in [1.807, 2.05) is 18.6 Å². The summed E-state index contributed by atoms with van der Waals surface area (Å²) in [7, 11) is -4.49. The van der Waals surface area contributed by atoms with E-state index in [0.717, 1.165) is 12.1 Å². The summed E-state index contributed by atoms with van der Waals surface area (Å²) in [5.41, 5.74) is -1.28. The van der Waals surface area contributed by atoms with E-state index in [0.29, 0.717) is 12.6 Å². The largest absolute Gasteiger partial charge is 0.417 e. The number of hydrogen-bond donors (Lipinski definition) is 2. The second kappa shape index (κ2) is 7.31. The van der Waals surface area contributed by atoms with Gasteiger partial charge in [0.05, 0.1) is 16.5 Å². The zero-order valence-electron chi connectivity index (χ0n) is 12.9. The van der Waals surface area contributed by atoms with Crippen molar-refractivity contribution in [3.05, 3.63) is 29.8 Å². The molecule has 0 aromatic heterocycles. The number of sulfonamides is 1. The zero-order chi connectivity index (χ0) is 17.8. The molecule has 1 atom stereocenters. The molecule has 130 valence electrons. The van der Waals surface area contributed by atoms with Crippen molar-refractivity contribution in [3.63, 3.8) is 0 Å². The fourth-order valence-corrected chi connectivity index (χ4v) is 3.17. The first kappa shape index (κ1) is 19.4. The van der Waals surface area contributed by atoms with Gasteiger partial charge in [0.25, 0.3) is 0 Å². The summed E-state index contributed by atoms with van der Waals surface area (Å²) in [4.78, 5) is 10.9. The molecule has 0 radical (unpaired) electrons. The third-order valence-corrected chi connectivity index (χ3v) is 4.49. The molecule has 5 nitrogen and oxygen atoms in total. The molecule has 9 heteroatoms. The summed E-state index contributed by atoms with van der Waals surface area (Å²) in [5.74, 6) is -0.444. The summed E-state index contributed by atoms with van der Waals surface area (Å²) < 4.78 is 65.0. The molecule has 2 N–H and O–H groups in total. The Balaban J connectivity index is 2.99. The van der Waals surface area contributed by atoms with Crippen LogP contribution in [0.2, 0.25) is 0 Å². The molecule has 0 aliphatic carbocycles. The van der Waals surface area contributed by atoms with Crippen LogP contribution in [-0.2, 0) is 21.0 Å². The number of carbonyl (C=O) groups excluding carboxylic acids is 1. The highest BCUT2D eigenvalue weighted by Crippen LogP contribution is 2.33. The van der Waals surface area contributed by atoms with Gasteiger partial charge in [0.1, 0.15) is 0 Å². The third-order valence-electron chi connectivity index (χ3n) is 2.89. The van der Waals surface area contributed by atoms with Gasteiger partial charge in [-0.1, -0.05) is 26.0 Å². The maximum atomic E-state index is 12.9. The first-order valence-corrected chi connectivity index (χ1v) is 8.39. The molecule has 1 aromatic rings. The Morgan fingerprint density at radius 2 is 1.74 bits per heavy atom. The molecular weight excluding hydrogens is 333 g/mol. The predicted molar refractivity (Wildman–Crippen MR) is 79.1 cm³/mol. The van der Waals surface area contributed by atoms with Crippen LogP contribution in [0.1, 0.15) is 26.3 Å². The Kier molecular flexibility index (Phi) is 6.18. The highest BCUT2D eigenvalue weighted by molar-refractivity contribution is 7.89. The van der Waals surface area contributed by atoms with Crippen molar-refractivity contribution >= 4 is 15.9 Å². The van der Waals surface area contributed by atoms with Crippen molar-refractivity contribution in [2.75, 3.05) is 6.54 Å². The summed E-state index contributed by atoms with van der Waals surface area (Å²) in [6, 6.07) is 2.62. The van der Waals surface area contributed by atoms with Gasteiger partial charge in [-0.15, -0.1) is 0 Å². The van der Waals surface area contributed by atoms with Crippen molar-refractivity contribution in [1.82, 2.24) is 10.0 Å². The summed E-state index contributed by atoms with van der Waals surface area (Å²) >= 11 is 0. The fourth-order valence-electron chi connectivity index (χ4n) is 1.74. The number of benzene rings is 1. The number of amides is 1. The number of halogens is 3. The van der Waals surface area contributed by atoms with Gasteiger partial charge in [0, 0.05) is 6.54 Å². The zero-order valence-corrected chi connectivity index (χ0v) is 13.8. The summed E-state index contributed by atoms with van der Waals surface area (Å²) in [6.45, 7) is 5.32. The van der Waals surface area contributed by atoms with Gasteiger partial charge in [-0.2, -0.15) is 17.9 Å². The van der Waals surface area contributed by atoms with Crippen LogP contribution in [0.4, 0.5) is 13.2 Å². The van der Waals surface area contributed by atoms with E-state index in [1.165, 1.54) is 13.0 Å². The molecule has 0 unspecified atom stereocenters. The molecule has 1 rings (SSSR count). The normalized spacial score (nSPS) is 13.9. The summed E-state index contributed by atoms with van der Waals surface area (Å²) in [5, 5.41) is 2.51. The van der Waals surface area contributed by atoms with Crippen molar-refractivity contribution < 1.29 is 26.4 Å². The smallest absolute Gasteiger partial charge is 0.354 e. The molecule has 0 heterocycles. The van der Waals surface area contributed by atoms with Crippen LogP contribution in [0.15, 0.2) is 29.2 Å². The molecule has 1 amide bonds. The number of rotatable bonds is 6. The van der Waals surface area contributed by atoms with E-state index in [2.05, 4.69) is 5.32 Å². The Bertz CT molecular complexity index is 657. The molecule has 0 fully saturated rings. The minimum atomic E-state index is -4.81. The number of carbonyl (C=O) groups is 1.